The van der Waals surface area contributed by atoms with E-state index in [1.807, 2.05) is 55.3 Å². The number of piperidine rings is 1. The Morgan fingerprint density at radius 3 is 2.36 bits per heavy atom. The van der Waals surface area contributed by atoms with Gasteiger partial charge in [-0.1, -0.05) is 18.2 Å². The summed E-state index contributed by atoms with van der Waals surface area (Å²) in [6, 6.07) is 22.0. The predicted octanol–water partition coefficient (Wildman–Crippen LogP) is 6.00. The molecule has 36 heavy (non-hydrogen) atoms. The number of hydrogen-bond donors (Lipinski definition) is 0. The average Bonchev–Trinajstić information content (AvgIpc) is 3.14. The molecule has 3 aliphatic heterocycles. The van der Waals surface area contributed by atoms with Crippen LogP contribution in [-0.4, -0.2) is 51.9 Å². The third-order valence-corrected chi connectivity index (χ3v) is 8.16. The van der Waals surface area contributed by atoms with Gasteiger partial charge in [0.2, 0.25) is 0 Å². The van der Waals surface area contributed by atoms with E-state index in [1.54, 1.807) is 0 Å². The molecule has 0 unspecified atom stereocenters. The first-order valence-electron chi connectivity index (χ1n) is 13.3. The molecule has 3 aliphatic rings. The van der Waals surface area contributed by atoms with Crippen molar-refractivity contribution in [1.29, 1.82) is 0 Å². The number of anilines is 2. The monoisotopic (exact) mass is 482 g/mol. The minimum Gasteiger partial charge on any atom is -0.453 e. The van der Waals surface area contributed by atoms with Gasteiger partial charge in [0.25, 0.3) is 5.91 Å². The molecule has 1 amide bonds. The highest BCUT2D eigenvalue weighted by molar-refractivity contribution is 5.96. The molecule has 0 spiro atoms. The number of carbonyl (C=O) groups excluding carboxylic acids is 1. The first-order chi connectivity index (χ1) is 17.7. The highest BCUT2D eigenvalue weighted by atomic mass is 16.5. The quantitative estimate of drug-likeness (QED) is 0.431. The van der Waals surface area contributed by atoms with Gasteiger partial charge in [-0.05, 0) is 82.0 Å². The number of ether oxygens (including phenoxy) is 1. The molecule has 4 heterocycles. The van der Waals surface area contributed by atoms with Crippen LogP contribution in [0.4, 0.5) is 11.4 Å². The highest BCUT2D eigenvalue weighted by Crippen LogP contribution is 2.51. The van der Waals surface area contributed by atoms with Crippen molar-refractivity contribution in [3.05, 3.63) is 78.1 Å². The van der Waals surface area contributed by atoms with Crippen LogP contribution in [0.3, 0.4) is 0 Å². The molecule has 2 saturated heterocycles. The summed E-state index contributed by atoms with van der Waals surface area (Å²) in [5, 5.41) is 0. The largest absolute Gasteiger partial charge is 0.453 e. The summed E-state index contributed by atoms with van der Waals surface area (Å²) >= 11 is 0. The van der Waals surface area contributed by atoms with Gasteiger partial charge in [-0.2, -0.15) is 0 Å². The maximum Gasteiger partial charge on any atom is 0.253 e. The molecule has 0 N–H and O–H groups in total. The van der Waals surface area contributed by atoms with E-state index < -0.39 is 0 Å². The summed E-state index contributed by atoms with van der Waals surface area (Å²) in [7, 11) is 0. The van der Waals surface area contributed by atoms with Crippen LogP contribution >= 0.6 is 0 Å². The zero-order valence-electron chi connectivity index (χ0n) is 21.1. The number of nitrogens with zero attached hydrogens (tertiary/aromatic N) is 4. The SMILES string of the molecule is CCN(CC)C(=O)c1ccc2c(c1)Oc1ccccc1N2[C@@H]1C[C@H]2CC[C@@H](C1)N2Cc1ccccn1. The number of fused-ring (bicyclic) bond motifs is 4. The Morgan fingerprint density at radius 2 is 1.64 bits per heavy atom. The molecule has 2 aromatic carbocycles. The fourth-order valence-electron chi connectivity index (χ4n) is 6.40. The normalized spacial score (nSPS) is 22.5. The summed E-state index contributed by atoms with van der Waals surface area (Å²) in [5.74, 6) is 1.69. The van der Waals surface area contributed by atoms with E-state index in [4.69, 9.17) is 4.74 Å². The van der Waals surface area contributed by atoms with Gasteiger partial charge in [0.1, 0.15) is 0 Å². The summed E-state index contributed by atoms with van der Waals surface area (Å²) in [4.78, 5) is 24.7. The second kappa shape index (κ2) is 9.58. The van der Waals surface area contributed by atoms with Crippen molar-refractivity contribution in [2.75, 3.05) is 18.0 Å². The van der Waals surface area contributed by atoms with Gasteiger partial charge in [-0.15, -0.1) is 0 Å². The van der Waals surface area contributed by atoms with Gasteiger partial charge >= 0.3 is 0 Å². The Labute approximate surface area is 213 Å². The van der Waals surface area contributed by atoms with Gasteiger partial charge in [-0.3, -0.25) is 14.7 Å². The third-order valence-electron chi connectivity index (χ3n) is 8.16. The Kier molecular flexibility index (Phi) is 6.13. The lowest BCUT2D eigenvalue weighted by atomic mass is 9.93. The zero-order valence-corrected chi connectivity index (χ0v) is 21.1. The van der Waals surface area contributed by atoms with Gasteiger partial charge in [0.15, 0.2) is 11.5 Å². The Hall–Kier alpha value is -3.38. The molecule has 0 aliphatic carbocycles. The number of rotatable bonds is 6. The standard InChI is InChI=1S/C30H34N4O2/c1-3-32(4-2)30(35)21-12-15-27-29(17-21)36-28-11-6-5-10-26(28)34(27)25-18-23-13-14-24(19-25)33(23)20-22-9-7-8-16-31-22/h5-12,15-17,23-25H,3-4,13-14,18-20H2,1-2H3/t23-,24+,25-. The lowest BCUT2D eigenvalue weighted by Crippen LogP contribution is -2.49. The molecule has 3 atom stereocenters. The maximum absolute atomic E-state index is 13.0. The van der Waals surface area contributed by atoms with E-state index in [1.165, 1.54) is 12.8 Å². The number of hydrogen-bond acceptors (Lipinski definition) is 5. The number of pyridine rings is 1. The van der Waals surface area contributed by atoms with Gasteiger partial charge in [0.05, 0.1) is 17.1 Å². The van der Waals surface area contributed by atoms with Crippen LogP contribution in [0.15, 0.2) is 66.9 Å². The van der Waals surface area contributed by atoms with Crippen LogP contribution < -0.4 is 9.64 Å². The Balaban J connectivity index is 1.31. The molecule has 6 nitrogen and oxygen atoms in total. The molecule has 0 radical (unpaired) electrons. The Bertz CT molecular complexity index is 1230. The molecular weight excluding hydrogens is 448 g/mol. The van der Waals surface area contributed by atoms with Crippen molar-refractivity contribution >= 4 is 17.3 Å². The fraction of sp³-hybridized carbons (Fsp3) is 0.400. The van der Waals surface area contributed by atoms with Crippen molar-refractivity contribution in [3.63, 3.8) is 0 Å². The molecule has 2 fully saturated rings. The molecule has 3 aromatic rings. The van der Waals surface area contributed by atoms with Gasteiger partial charge in [0, 0.05) is 49.5 Å². The van der Waals surface area contributed by atoms with E-state index in [-0.39, 0.29) is 5.91 Å². The van der Waals surface area contributed by atoms with Crippen molar-refractivity contribution in [2.24, 2.45) is 0 Å². The average molecular weight is 483 g/mol. The van der Waals surface area contributed by atoms with Crippen molar-refractivity contribution in [3.8, 4) is 11.5 Å². The minimum absolute atomic E-state index is 0.0534. The number of benzene rings is 2. The number of carbonyl (C=O) groups is 1. The lowest BCUT2D eigenvalue weighted by molar-refractivity contribution is 0.0772. The lowest BCUT2D eigenvalue weighted by Gasteiger charge is -2.46. The second-order valence-corrected chi connectivity index (χ2v) is 10.1. The van der Waals surface area contributed by atoms with E-state index in [9.17, 15) is 4.79 Å². The maximum atomic E-state index is 13.0. The summed E-state index contributed by atoms with van der Waals surface area (Å²) < 4.78 is 6.37. The summed E-state index contributed by atoms with van der Waals surface area (Å²) in [6.07, 6.45) is 6.59. The zero-order chi connectivity index (χ0) is 24.6. The first-order valence-corrected chi connectivity index (χ1v) is 13.3. The number of aromatic nitrogens is 1. The molecule has 6 heteroatoms. The molecule has 2 bridgehead atoms. The van der Waals surface area contributed by atoms with Crippen LogP contribution in [0.1, 0.15) is 55.6 Å². The van der Waals surface area contributed by atoms with Crippen molar-refractivity contribution in [1.82, 2.24) is 14.8 Å². The van der Waals surface area contributed by atoms with Crippen molar-refractivity contribution < 1.29 is 9.53 Å². The second-order valence-electron chi connectivity index (χ2n) is 10.1. The van der Waals surface area contributed by atoms with E-state index >= 15 is 0 Å². The predicted molar refractivity (Wildman–Crippen MR) is 142 cm³/mol. The van der Waals surface area contributed by atoms with Gasteiger partial charge < -0.3 is 14.5 Å². The third kappa shape index (κ3) is 4.03. The fourth-order valence-corrected chi connectivity index (χ4v) is 6.40. The summed E-state index contributed by atoms with van der Waals surface area (Å²) in [6.45, 7) is 6.35. The van der Waals surface area contributed by atoms with Gasteiger partial charge in [-0.25, -0.2) is 0 Å². The molecule has 0 saturated carbocycles. The Morgan fingerprint density at radius 1 is 0.917 bits per heavy atom. The molecule has 6 rings (SSSR count). The van der Waals surface area contributed by atoms with Crippen molar-refractivity contribution in [2.45, 2.75) is 64.2 Å². The van der Waals surface area contributed by atoms with Crippen LogP contribution in [0.2, 0.25) is 0 Å². The van der Waals surface area contributed by atoms with E-state index in [0.29, 0.717) is 36.8 Å². The summed E-state index contributed by atoms with van der Waals surface area (Å²) in [5.41, 5.74) is 4.02. The highest BCUT2D eigenvalue weighted by Gasteiger charge is 2.44. The first kappa shape index (κ1) is 23.0. The number of amides is 1. The topological polar surface area (TPSA) is 48.9 Å². The molecular formula is C30H34N4O2. The van der Waals surface area contributed by atoms with Crippen LogP contribution in [-0.2, 0) is 6.54 Å². The van der Waals surface area contributed by atoms with Crippen LogP contribution in [0.5, 0.6) is 11.5 Å². The van der Waals surface area contributed by atoms with E-state index in [2.05, 4.69) is 45.1 Å². The molecule has 1 aromatic heterocycles. The van der Waals surface area contributed by atoms with Crippen LogP contribution in [0, 0.1) is 0 Å². The smallest absolute Gasteiger partial charge is 0.253 e. The number of para-hydroxylation sites is 2. The van der Waals surface area contributed by atoms with E-state index in [0.717, 1.165) is 48.0 Å². The molecule has 186 valence electrons. The minimum atomic E-state index is 0.0534. The van der Waals surface area contributed by atoms with Crippen LogP contribution in [0.25, 0.3) is 0 Å².